The average molecular weight is 372 g/mol. The third kappa shape index (κ3) is 3.64. The molecule has 3 aromatic rings. The van der Waals surface area contributed by atoms with Crippen molar-refractivity contribution < 1.29 is 9.53 Å². The van der Waals surface area contributed by atoms with Gasteiger partial charge in [0.15, 0.2) is 5.65 Å². The summed E-state index contributed by atoms with van der Waals surface area (Å²) in [7, 11) is 1.62. The molecule has 3 aromatic heterocycles. The number of pyridine rings is 1. The summed E-state index contributed by atoms with van der Waals surface area (Å²) in [6, 6.07) is 6.03. The van der Waals surface area contributed by atoms with Crippen LogP contribution >= 0.6 is 11.3 Å². The number of ether oxygens (including phenoxy) is 1. The minimum absolute atomic E-state index is 0.0803. The van der Waals surface area contributed by atoms with Crippen LogP contribution in [0.1, 0.15) is 42.0 Å². The Bertz CT molecular complexity index is 929. The van der Waals surface area contributed by atoms with E-state index in [0.29, 0.717) is 12.2 Å². The number of amides is 1. The molecule has 0 aliphatic heterocycles. The van der Waals surface area contributed by atoms with Gasteiger partial charge in [-0.2, -0.15) is 5.10 Å². The number of hydrogen-bond acceptors (Lipinski definition) is 5. The van der Waals surface area contributed by atoms with Crippen molar-refractivity contribution in [1.82, 2.24) is 20.1 Å². The van der Waals surface area contributed by atoms with Gasteiger partial charge in [-0.25, -0.2) is 9.67 Å². The zero-order chi connectivity index (χ0) is 18.8. The highest BCUT2D eigenvalue weighted by atomic mass is 32.1. The summed E-state index contributed by atoms with van der Waals surface area (Å²) in [5, 5.41) is 8.19. The van der Waals surface area contributed by atoms with E-state index in [1.165, 1.54) is 4.88 Å². The summed E-state index contributed by atoms with van der Waals surface area (Å²) < 4.78 is 6.97. The number of carbonyl (C=O) groups is 1. The van der Waals surface area contributed by atoms with Crippen molar-refractivity contribution in [3.05, 3.63) is 34.8 Å². The molecular weight excluding hydrogens is 348 g/mol. The maximum absolute atomic E-state index is 12.9. The lowest BCUT2D eigenvalue weighted by molar-refractivity contribution is 0.0907. The molecule has 0 aromatic carbocycles. The van der Waals surface area contributed by atoms with Gasteiger partial charge in [0.25, 0.3) is 5.91 Å². The number of rotatable bonds is 6. The van der Waals surface area contributed by atoms with E-state index >= 15 is 0 Å². The molecule has 138 valence electrons. The van der Waals surface area contributed by atoms with Gasteiger partial charge >= 0.3 is 0 Å². The molecule has 1 N–H and O–H groups in total. The zero-order valence-corrected chi connectivity index (χ0v) is 16.6. The van der Waals surface area contributed by atoms with Crippen molar-refractivity contribution in [2.45, 2.75) is 39.8 Å². The topological polar surface area (TPSA) is 69.0 Å². The molecule has 0 fully saturated rings. The molecule has 0 radical (unpaired) electrons. The Balaban J connectivity index is 2.12. The molecule has 0 saturated heterocycles. The second kappa shape index (κ2) is 7.55. The largest absolute Gasteiger partial charge is 0.383 e. The number of carbonyl (C=O) groups excluding carboxylic acids is 1. The minimum atomic E-state index is -0.139. The van der Waals surface area contributed by atoms with E-state index in [1.54, 1.807) is 24.6 Å². The smallest absolute Gasteiger partial charge is 0.252 e. The van der Waals surface area contributed by atoms with Crippen LogP contribution < -0.4 is 5.32 Å². The molecule has 0 aliphatic rings. The monoisotopic (exact) mass is 372 g/mol. The molecule has 0 aliphatic carbocycles. The van der Waals surface area contributed by atoms with Crippen LogP contribution in [0.4, 0.5) is 0 Å². The Kier molecular flexibility index (Phi) is 5.38. The van der Waals surface area contributed by atoms with Gasteiger partial charge in [0, 0.05) is 24.1 Å². The lowest BCUT2D eigenvalue weighted by atomic mass is 10.1. The van der Waals surface area contributed by atoms with Gasteiger partial charge < -0.3 is 10.1 Å². The highest BCUT2D eigenvalue weighted by Gasteiger charge is 2.20. The number of thiophene rings is 1. The van der Waals surface area contributed by atoms with E-state index in [-0.39, 0.29) is 18.0 Å². The quantitative estimate of drug-likeness (QED) is 0.714. The van der Waals surface area contributed by atoms with E-state index in [9.17, 15) is 4.79 Å². The number of nitrogens with one attached hydrogen (secondary N) is 1. The number of hydrogen-bond donors (Lipinski definition) is 1. The first-order chi connectivity index (χ1) is 12.4. The molecule has 3 rings (SSSR count). The molecule has 1 unspecified atom stereocenters. The second-order valence-corrected chi connectivity index (χ2v) is 8.00. The third-order valence-electron chi connectivity index (χ3n) is 4.09. The predicted octanol–water partition coefficient (Wildman–Crippen LogP) is 3.81. The van der Waals surface area contributed by atoms with Gasteiger partial charge in [-0.3, -0.25) is 4.79 Å². The van der Waals surface area contributed by atoms with Crippen molar-refractivity contribution in [3.8, 4) is 10.6 Å². The van der Waals surface area contributed by atoms with Crippen LogP contribution in [0.5, 0.6) is 0 Å². The Morgan fingerprint density at radius 2 is 2.12 bits per heavy atom. The summed E-state index contributed by atoms with van der Waals surface area (Å²) in [6.45, 7) is 8.54. The Morgan fingerprint density at radius 3 is 2.73 bits per heavy atom. The van der Waals surface area contributed by atoms with Crippen LogP contribution in [0.15, 0.2) is 24.4 Å². The molecule has 7 heteroatoms. The molecule has 0 spiro atoms. The van der Waals surface area contributed by atoms with E-state index in [0.717, 1.165) is 21.6 Å². The van der Waals surface area contributed by atoms with Gasteiger partial charge in [-0.1, -0.05) is 0 Å². The van der Waals surface area contributed by atoms with Crippen LogP contribution in [0, 0.1) is 6.92 Å². The van der Waals surface area contributed by atoms with Crippen LogP contribution in [-0.2, 0) is 4.74 Å². The third-order valence-corrected chi connectivity index (χ3v) is 5.11. The number of methoxy groups -OCH3 is 1. The lowest BCUT2D eigenvalue weighted by Crippen LogP contribution is -2.35. The van der Waals surface area contributed by atoms with Crippen molar-refractivity contribution in [2.75, 3.05) is 13.7 Å². The molecule has 1 atom stereocenters. The van der Waals surface area contributed by atoms with Crippen LogP contribution in [0.2, 0.25) is 0 Å². The first-order valence-corrected chi connectivity index (χ1v) is 9.47. The fourth-order valence-corrected chi connectivity index (χ4v) is 3.70. The van der Waals surface area contributed by atoms with Crippen LogP contribution in [0.3, 0.4) is 0 Å². The molecule has 6 nitrogen and oxygen atoms in total. The fraction of sp³-hybridized carbons (Fsp3) is 0.421. The predicted molar refractivity (Wildman–Crippen MR) is 105 cm³/mol. The van der Waals surface area contributed by atoms with Crippen molar-refractivity contribution in [3.63, 3.8) is 0 Å². The maximum Gasteiger partial charge on any atom is 0.252 e. The van der Waals surface area contributed by atoms with Gasteiger partial charge in [0.05, 0.1) is 34.3 Å². The Morgan fingerprint density at radius 1 is 1.35 bits per heavy atom. The Hall–Kier alpha value is -2.25. The highest BCUT2D eigenvalue weighted by Crippen LogP contribution is 2.30. The highest BCUT2D eigenvalue weighted by molar-refractivity contribution is 7.15. The van der Waals surface area contributed by atoms with Crippen LogP contribution in [0.25, 0.3) is 21.6 Å². The van der Waals surface area contributed by atoms with Crippen molar-refractivity contribution in [1.29, 1.82) is 0 Å². The van der Waals surface area contributed by atoms with Crippen LogP contribution in [-0.4, -0.2) is 40.4 Å². The molecule has 26 heavy (non-hydrogen) atoms. The average Bonchev–Trinajstić information content (AvgIpc) is 3.20. The van der Waals surface area contributed by atoms with Crippen molar-refractivity contribution >= 4 is 28.3 Å². The number of nitrogens with zero attached hydrogens (tertiary/aromatic N) is 3. The summed E-state index contributed by atoms with van der Waals surface area (Å²) in [5.74, 6) is -0.139. The number of aryl methyl sites for hydroxylation is 1. The van der Waals surface area contributed by atoms with Gasteiger partial charge in [0.2, 0.25) is 0 Å². The molecule has 0 bridgehead atoms. The van der Waals surface area contributed by atoms with E-state index < -0.39 is 0 Å². The standard InChI is InChI=1S/C19H24N4O2S/c1-11(2)23-18-15(9-20-23)14(19(24)21-12(3)10-25-5)8-16(22-18)17-7-6-13(4)26-17/h6-9,11-12H,10H2,1-5H3,(H,21,24). The fourth-order valence-electron chi connectivity index (χ4n) is 2.88. The van der Waals surface area contributed by atoms with E-state index in [2.05, 4.69) is 37.3 Å². The summed E-state index contributed by atoms with van der Waals surface area (Å²) in [4.78, 5) is 19.9. The summed E-state index contributed by atoms with van der Waals surface area (Å²) >= 11 is 1.66. The number of aromatic nitrogens is 3. The number of fused-ring (bicyclic) bond motifs is 1. The zero-order valence-electron chi connectivity index (χ0n) is 15.7. The summed E-state index contributed by atoms with van der Waals surface area (Å²) in [5.41, 5.74) is 2.11. The first-order valence-electron chi connectivity index (χ1n) is 8.65. The Labute approximate surface area is 157 Å². The SMILES string of the molecule is COCC(C)NC(=O)c1cc(-c2ccc(C)s2)nc2c1cnn2C(C)C. The van der Waals surface area contributed by atoms with Gasteiger partial charge in [0.1, 0.15) is 0 Å². The van der Waals surface area contributed by atoms with Gasteiger partial charge in [-0.15, -0.1) is 11.3 Å². The lowest BCUT2D eigenvalue weighted by Gasteiger charge is -2.14. The molecule has 3 heterocycles. The minimum Gasteiger partial charge on any atom is -0.383 e. The van der Waals surface area contributed by atoms with E-state index in [4.69, 9.17) is 9.72 Å². The molecule has 0 saturated carbocycles. The maximum atomic E-state index is 12.9. The summed E-state index contributed by atoms with van der Waals surface area (Å²) in [6.07, 6.45) is 1.72. The molecule has 1 amide bonds. The van der Waals surface area contributed by atoms with Crippen molar-refractivity contribution in [2.24, 2.45) is 0 Å². The normalized spacial score (nSPS) is 12.7. The van der Waals surface area contributed by atoms with E-state index in [1.807, 2.05) is 23.7 Å². The first kappa shape index (κ1) is 18.5. The van der Waals surface area contributed by atoms with Gasteiger partial charge in [-0.05, 0) is 45.9 Å². The molecular formula is C19H24N4O2S. The second-order valence-electron chi connectivity index (χ2n) is 6.72.